The number of carbonyl (C=O) groups is 2. The molecule has 1 aliphatic heterocycles. The van der Waals surface area contributed by atoms with Gasteiger partial charge in [-0.15, -0.1) is 0 Å². The van der Waals surface area contributed by atoms with Crippen LogP contribution in [-0.4, -0.2) is 21.0 Å². The van der Waals surface area contributed by atoms with E-state index in [4.69, 9.17) is 12.2 Å². The Labute approximate surface area is 137 Å². The predicted octanol–water partition coefficient (Wildman–Crippen LogP) is 3.73. The van der Waals surface area contributed by atoms with Crippen LogP contribution in [0.3, 0.4) is 0 Å². The molecule has 0 unspecified atom stereocenters. The lowest BCUT2D eigenvalue weighted by atomic mass is 10.2. The van der Waals surface area contributed by atoms with E-state index in [-0.39, 0.29) is 16.1 Å². The second-order valence-corrected chi connectivity index (χ2v) is 6.27. The zero-order valence-corrected chi connectivity index (χ0v) is 13.1. The summed E-state index contributed by atoms with van der Waals surface area (Å²) in [5.74, 6) is -0.757. The van der Waals surface area contributed by atoms with E-state index in [9.17, 15) is 9.59 Å². The summed E-state index contributed by atoms with van der Waals surface area (Å²) in [4.78, 5) is 26.4. The Kier molecular flexibility index (Phi) is 4.18. The summed E-state index contributed by atoms with van der Waals surface area (Å²) in [6.07, 6.45) is 1.75. The lowest BCUT2D eigenvalue weighted by Crippen LogP contribution is -2.34. The fourth-order valence-corrected chi connectivity index (χ4v) is 3.31. The van der Waals surface area contributed by atoms with Gasteiger partial charge >= 0.3 is 0 Å². The number of thiocarbonyl (C=S) groups is 1. The standard InChI is InChI=1S/C17H11NO2S2/c19-15(13-9-5-2-6-10-13)18-16(20)14(22-17(18)21)11-12-7-3-1-4-8-12/h1-11H/b14-11-. The van der Waals surface area contributed by atoms with Crippen LogP contribution >= 0.6 is 24.0 Å². The second kappa shape index (κ2) is 6.25. The van der Waals surface area contributed by atoms with Gasteiger partial charge in [0, 0.05) is 5.56 Å². The van der Waals surface area contributed by atoms with Gasteiger partial charge in [0.2, 0.25) is 0 Å². The summed E-state index contributed by atoms with van der Waals surface area (Å²) < 4.78 is 0.265. The first-order chi connectivity index (χ1) is 10.7. The predicted molar refractivity (Wildman–Crippen MR) is 92.2 cm³/mol. The van der Waals surface area contributed by atoms with E-state index in [1.807, 2.05) is 36.4 Å². The number of hydrogen-bond acceptors (Lipinski definition) is 4. The lowest BCUT2D eigenvalue weighted by molar-refractivity contribution is -0.120. The molecule has 2 amide bonds. The number of hydrogen-bond donors (Lipinski definition) is 0. The van der Waals surface area contributed by atoms with E-state index in [1.54, 1.807) is 30.3 Å². The molecule has 1 saturated heterocycles. The molecule has 0 radical (unpaired) electrons. The van der Waals surface area contributed by atoms with Gasteiger partial charge < -0.3 is 0 Å². The third-order valence-electron chi connectivity index (χ3n) is 3.11. The minimum Gasteiger partial charge on any atom is -0.268 e. The topological polar surface area (TPSA) is 37.4 Å². The zero-order chi connectivity index (χ0) is 15.5. The summed E-state index contributed by atoms with van der Waals surface area (Å²) in [5, 5.41) is 0. The number of amides is 2. The van der Waals surface area contributed by atoms with Gasteiger partial charge in [-0.3, -0.25) is 9.59 Å². The first kappa shape index (κ1) is 14.7. The average Bonchev–Trinajstić information content (AvgIpc) is 2.82. The third kappa shape index (κ3) is 2.86. The Morgan fingerprint density at radius 3 is 2.23 bits per heavy atom. The molecule has 2 aromatic carbocycles. The summed E-state index contributed by atoms with van der Waals surface area (Å²) in [7, 11) is 0. The Morgan fingerprint density at radius 2 is 1.59 bits per heavy atom. The van der Waals surface area contributed by atoms with Crippen molar-refractivity contribution >= 4 is 46.2 Å². The van der Waals surface area contributed by atoms with Crippen molar-refractivity contribution in [3.63, 3.8) is 0 Å². The molecule has 1 fully saturated rings. The summed E-state index contributed by atoms with van der Waals surface area (Å²) in [6.45, 7) is 0. The van der Waals surface area contributed by atoms with Crippen molar-refractivity contribution < 1.29 is 9.59 Å². The van der Waals surface area contributed by atoms with E-state index in [0.29, 0.717) is 10.5 Å². The number of carbonyl (C=O) groups excluding carboxylic acids is 2. The van der Waals surface area contributed by atoms with E-state index in [2.05, 4.69) is 0 Å². The van der Waals surface area contributed by atoms with E-state index in [1.165, 1.54) is 0 Å². The molecule has 108 valence electrons. The molecule has 0 N–H and O–H groups in total. The molecule has 0 aliphatic carbocycles. The molecule has 0 spiro atoms. The molecule has 22 heavy (non-hydrogen) atoms. The molecule has 1 heterocycles. The van der Waals surface area contributed by atoms with Gasteiger partial charge in [-0.1, -0.05) is 72.5 Å². The van der Waals surface area contributed by atoms with E-state index in [0.717, 1.165) is 22.2 Å². The Hall–Kier alpha value is -2.24. The molecular formula is C17H11NO2S2. The van der Waals surface area contributed by atoms with Crippen molar-refractivity contribution in [2.45, 2.75) is 0 Å². The van der Waals surface area contributed by atoms with Gasteiger partial charge in [-0.05, 0) is 23.8 Å². The molecule has 0 aromatic heterocycles. The van der Waals surface area contributed by atoms with Crippen molar-refractivity contribution in [1.29, 1.82) is 0 Å². The van der Waals surface area contributed by atoms with Gasteiger partial charge in [-0.2, -0.15) is 0 Å². The Bertz CT molecular complexity index is 770. The highest BCUT2D eigenvalue weighted by molar-refractivity contribution is 8.26. The van der Waals surface area contributed by atoms with Crippen LogP contribution < -0.4 is 0 Å². The second-order valence-electron chi connectivity index (χ2n) is 4.60. The van der Waals surface area contributed by atoms with Gasteiger partial charge in [0.25, 0.3) is 11.8 Å². The molecule has 5 heteroatoms. The summed E-state index contributed by atoms with van der Waals surface area (Å²) in [5.41, 5.74) is 1.34. The molecule has 3 rings (SSSR count). The monoisotopic (exact) mass is 325 g/mol. The number of rotatable bonds is 2. The Balaban J connectivity index is 1.89. The van der Waals surface area contributed by atoms with Gasteiger partial charge in [0.05, 0.1) is 4.91 Å². The third-order valence-corrected chi connectivity index (χ3v) is 4.42. The fourth-order valence-electron chi connectivity index (χ4n) is 2.05. The molecule has 1 aliphatic rings. The smallest absolute Gasteiger partial charge is 0.268 e. The van der Waals surface area contributed by atoms with Gasteiger partial charge in [0.15, 0.2) is 4.32 Å². The van der Waals surface area contributed by atoms with Crippen molar-refractivity contribution in [2.75, 3.05) is 0 Å². The molecule has 0 bridgehead atoms. The minimum atomic E-state index is -0.389. The minimum absolute atomic E-state index is 0.265. The van der Waals surface area contributed by atoms with E-state index >= 15 is 0 Å². The maximum absolute atomic E-state index is 12.5. The number of imide groups is 1. The van der Waals surface area contributed by atoms with Crippen LogP contribution in [0.1, 0.15) is 15.9 Å². The lowest BCUT2D eigenvalue weighted by Gasteiger charge is -2.12. The van der Waals surface area contributed by atoms with Crippen molar-refractivity contribution in [2.24, 2.45) is 0 Å². The SMILES string of the molecule is O=C1/C(=C/c2ccccc2)SC(=S)N1C(=O)c1ccccc1. The highest BCUT2D eigenvalue weighted by Crippen LogP contribution is 2.33. The first-order valence-corrected chi connectivity index (χ1v) is 7.81. The summed E-state index contributed by atoms with van der Waals surface area (Å²) >= 11 is 6.34. The first-order valence-electron chi connectivity index (χ1n) is 6.59. The van der Waals surface area contributed by atoms with Gasteiger partial charge in [-0.25, -0.2) is 4.90 Å². The normalized spacial score (nSPS) is 16.4. The molecule has 2 aromatic rings. The zero-order valence-electron chi connectivity index (χ0n) is 11.4. The highest BCUT2D eigenvalue weighted by Gasteiger charge is 2.37. The van der Waals surface area contributed by atoms with Gasteiger partial charge in [0.1, 0.15) is 0 Å². The molecule has 0 atom stereocenters. The fraction of sp³-hybridized carbons (Fsp3) is 0. The van der Waals surface area contributed by atoms with Crippen molar-refractivity contribution in [1.82, 2.24) is 4.90 Å². The molecule has 3 nitrogen and oxygen atoms in total. The van der Waals surface area contributed by atoms with Crippen LogP contribution in [0.4, 0.5) is 0 Å². The quantitative estimate of drug-likeness (QED) is 0.479. The maximum atomic E-state index is 12.5. The maximum Gasteiger partial charge on any atom is 0.273 e. The van der Waals surface area contributed by atoms with Crippen LogP contribution in [0.2, 0.25) is 0 Å². The van der Waals surface area contributed by atoms with Crippen LogP contribution in [0, 0.1) is 0 Å². The highest BCUT2D eigenvalue weighted by atomic mass is 32.2. The van der Waals surface area contributed by atoms with Crippen molar-refractivity contribution in [3.05, 3.63) is 76.7 Å². The molecule has 0 saturated carbocycles. The largest absolute Gasteiger partial charge is 0.273 e. The number of thioether (sulfide) groups is 1. The van der Waals surface area contributed by atoms with Crippen LogP contribution in [0.15, 0.2) is 65.6 Å². The molecular weight excluding hydrogens is 314 g/mol. The van der Waals surface area contributed by atoms with Crippen LogP contribution in [-0.2, 0) is 4.79 Å². The van der Waals surface area contributed by atoms with E-state index < -0.39 is 0 Å². The average molecular weight is 325 g/mol. The van der Waals surface area contributed by atoms with Crippen LogP contribution in [0.5, 0.6) is 0 Å². The number of nitrogens with zero attached hydrogens (tertiary/aromatic N) is 1. The Morgan fingerprint density at radius 1 is 1.00 bits per heavy atom. The summed E-state index contributed by atoms with van der Waals surface area (Å²) in [6, 6.07) is 18.1. The van der Waals surface area contributed by atoms with Crippen molar-refractivity contribution in [3.8, 4) is 0 Å². The number of benzene rings is 2. The van der Waals surface area contributed by atoms with Crippen LogP contribution in [0.25, 0.3) is 6.08 Å².